The van der Waals surface area contributed by atoms with Crippen molar-refractivity contribution >= 4 is 28.5 Å². The van der Waals surface area contributed by atoms with E-state index in [1.807, 2.05) is 43.3 Å². The Balaban J connectivity index is 1.53. The second-order valence-corrected chi connectivity index (χ2v) is 7.29. The smallest absolute Gasteiger partial charge is 0.253 e. The van der Waals surface area contributed by atoms with Crippen LogP contribution in [0.3, 0.4) is 0 Å². The molecule has 1 amide bonds. The van der Waals surface area contributed by atoms with Crippen molar-refractivity contribution in [2.45, 2.75) is 19.5 Å². The monoisotopic (exact) mass is 420 g/mol. The molecule has 0 fully saturated rings. The number of benzene rings is 2. The Morgan fingerprint density at radius 1 is 1.13 bits per heavy atom. The van der Waals surface area contributed by atoms with Crippen molar-refractivity contribution in [3.05, 3.63) is 89.5 Å². The lowest BCUT2D eigenvalue weighted by Gasteiger charge is -2.17. The molecule has 0 saturated carbocycles. The van der Waals surface area contributed by atoms with Crippen molar-refractivity contribution in [3.63, 3.8) is 0 Å². The lowest BCUT2D eigenvalue weighted by Crippen LogP contribution is -2.29. The van der Waals surface area contributed by atoms with Crippen LogP contribution in [-0.4, -0.2) is 27.0 Å². The number of pyridine rings is 1. The standard InChI is InChI=1S/C23H21ClN4O2/c1-16(26-23(29)17-5-4-12-25-15-17)22-27-20-6-2-3-7-21(20)28(22)13-14-30-19-10-8-18(24)9-11-19/h2-12,15-16H,13-14H2,1H3,(H,26,29). The molecule has 0 aliphatic carbocycles. The maximum atomic E-state index is 12.6. The molecule has 2 aromatic carbocycles. The van der Waals surface area contributed by atoms with Gasteiger partial charge in [0.2, 0.25) is 0 Å². The number of carbonyl (C=O) groups excluding carboxylic acids is 1. The molecule has 0 spiro atoms. The maximum Gasteiger partial charge on any atom is 0.253 e. The molecule has 0 aliphatic rings. The van der Waals surface area contributed by atoms with Gasteiger partial charge in [0.05, 0.1) is 29.2 Å². The van der Waals surface area contributed by atoms with Gasteiger partial charge < -0.3 is 14.6 Å². The molecule has 4 aromatic rings. The molecule has 1 atom stereocenters. The highest BCUT2D eigenvalue weighted by Crippen LogP contribution is 2.22. The van der Waals surface area contributed by atoms with Crippen molar-refractivity contribution in [1.82, 2.24) is 19.9 Å². The molecule has 0 aliphatic heterocycles. The van der Waals surface area contributed by atoms with Crippen LogP contribution in [-0.2, 0) is 6.54 Å². The average molecular weight is 421 g/mol. The second-order valence-electron chi connectivity index (χ2n) is 6.85. The summed E-state index contributed by atoms with van der Waals surface area (Å²) in [5, 5.41) is 3.68. The number of halogens is 1. The molecule has 1 unspecified atom stereocenters. The molecular formula is C23H21ClN4O2. The van der Waals surface area contributed by atoms with Crippen LogP contribution in [0.5, 0.6) is 5.75 Å². The summed E-state index contributed by atoms with van der Waals surface area (Å²) in [5.74, 6) is 1.34. The Hall–Kier alpha value is -3.38. The van der Waals surface area contributed by atoms with Gasteiger partial charge in [-0.2, -0.15) is 0 Å². The Labute approximate surface area is 179 Å². The van der Waals surface area contributed by atoms with Crippen LogP contribution >= 0.6 is 11.6 Å². The molecular weight excluding hydrogens is 400 g/mol. The van der Waals surface area contributed by atoms with Crippen molar-refractivity contribution in [3.8, 4) is 5.75 Å². The molecule has 0 saturated heterocycles. The van der Waals surface area contributed by atoms with Crippen LogP contribution in [0.15, 0.2) is 73.1 Å². The fraction of sp³-hybridized carbons (Fsp3) is 0.174. The summed E-state index contributed by atoms with van der Waals surface area (Å²) in [5.41, 5.74) is 2.38. The third-order valence-corrected chi connectivity index (χ3v) is 4.99. The van der Waals surface area contributed by atoms with Crippen LogP contribution in [0.25, 0.3) is 11.0 Å². The Morgan fingerprint density at radius 2 is 1.93 bits per heavy atom. The van der Waals surface area contributed by atoms with E-state index in [-0.39, 0.29) is 11.9 Å². The van der Waals surface area contributed by atoms with Gasteiger partial charge in [-0.3, -0.25) is 9.78 Å². The first kappa shape index (κ1) is 19.9. The number of imidazole rings is 1. The Kier molecular flexibility index (Phi) is 5.95. The number of hydrogen-bond acceptors (Lipinski definition) is 4. The number of ether oxygens (including phenoxy) is 1. The van der Waals surface area contributed by atoms with Crippen LogP contribution in [0.2, 0.25) is 5.02 Å². The summed E-state index contributed by atoms with van der Waals surface area (Å²) in [6.45, 7) is 2.97. The van der Waals surface area contributed by atoms with Gasteiger partial charge >= 0.3 is 0 Å². The quantitative estimate of drug-likeness (QED) is 0.472. The van der Waals surface area contributed by atoms with E-state index in [1.165, 1.54) is 0 Å². The minimum absolute atomic E-state index is 0.188. The van der Waals surface area contributed by atoms with Gasteiger partial charge in [-0.1, -0.05) is 23.7 Å². The number of fused-ring (bicyclic) bond motifs is 1. The van der Waals surface area contributed by atoms with E-state index in [0.29, 0.717) is 23.7 Å². The SMILES string of the molecule is CC(NC(=O)c1cccnc1)c1nc2ccccc2n1CCOc1ccc(Cl)cc1. The highest BCUT2D eigenvalue weighted by atomic mass is 35.5. The van der Waals surface area contributed by atoms with Crippen molar-refractivity contribution in [2.24, 2.45) is 0 Å². The van der Waals surface area contributed by atoms with E-state index in [4.69, 9.17) is 21.3 Å². The third kappa shape index (κ3) is 4.44. The molecule has 2 heterocycles. The van der Waals surface area contributed by atoms with E-state index in [2.05, 4.69) is 14.9 Å². The Bertz CT molecular complexity index is 1140. The van der Waals surface area contributed by atoms with Gasteiger partial charge in [0.25, 0.3) is 5.91 Å². The molecule has 152 valence electrons. The minimum Gasteiger partial charge on any atom is -0.492 e. The predicted octanol–water partition coefficient (Wildman–Crippen LogP) is 4.65. The molecule has 0 bridgehead atoms. The number of para-hydroxylation sites is 2. The number of carbonyl (C=O) groups is 1. The van der Waals surface area contributed by atoms with E-state index < -0.39 is 0 Å². The zero-order chi connectivity index (χ0) is 20.9. The number of nitrogens with zero attached hydrogens (tertiary/aromatic N) is 3. The summed E-state index contributed by atoms with van der Waals surface area (Å²) < 4.78 is 7.95. The average Bonchev–Trinajstić information content (AvgIpc) is 3.14. The van der Waals surface area contributed by atoms with Crippen molar-refractivity contribution < 1.29 is 9.53 Å². The first-order chi connectivity index (χ1) is 14.6. The Morgan fingerprint density at radius 3 is 2.70 bits per heavy atom. The maximum absolute atomic E-state index is 12.6. The molecule has 30 heavy (non-hydrogen) atoms. The number of aromatic nitrogens is 3. The van der Waals surface area contributed by atoms with Gasteiger partial charge in [0.15, 0.2) is 0 Å². The summed E-state index contributed by atoms with van der Waals surface area (Å²) in [7, 11) is 0. The van der Waals surface area contributed by atoms with Crippen LogP contribution < -0.4 is 10.1 Å². The highest BCUT2D eigenvalue weighted by Gasteiger charge is 2.19. The number of nitrogens with one attached hydrogen (secondary N) is 1. The van der Waals surface area contributed by atoms with Crippen molar-refractivity contribution in [1.29, 1.82) is 0 Å². The second kappa shape index (κ2) is 8.97. The zero-order valence-corrected chi connectivity index (χ0v) is 17.2. The van der Waals surface area contributed by atoms with Crippen molar-refractivity contribution in [2.75, 3.05) is 6.61 Å². The van der Waals surface area contributed by atoms with Gasteiger partial charge in [0.1, 0.15) is 18.2 Å². The molecule has 2 aromatic heterocycles. The fourth-order valence-corrected chi connectivity index (χ4v) is 3.41. The van der Waals surface area contributed by atoms with Crippen LogP contribution in [0.4, 0.5) is 0 Å². The number of rotatable bonds is 7. The predicted molar refractivity (Wildman–Crippen MR) is 117 cm³/mol. The van der Waals surface area contributed by atoms with Crippen LogP contribution in [0.1, 0.15) is 29.1 Å². The summed E-state index contributed by atoms with van der Waals surface area (Å²) in [4.78, 5) is 21.3. The largest absolute Gasteiger partial charge is 0.492 e. The molecule has 6 nitrogen and oxygen atoms in total. The number of amides is 1. The summed E-state index contributed by atoms with van der Waals surface area (Å²) in [6.07, 6.45) is 3.19. The van der Waals surface area contributed by atoms with E-state index in [1.54, 1.807) is 36.7 Å². The van der Waals surface area contributed by atoms with E-state index >= 15 is 0 Å². The minimum atomic E-state index is -0.291. The summed E-state index contributed by atoms with van der Waals surface area (Å²) in [6, 6.07) is 18.4. The van der Waals surface area contributed by atoms with E-state index in [9.17, 15) is 4.79 Å². The normalized spacial score (nSPS) is 11.9. The zero-order valence-electron chi connectivity index (χ0n) is 16.5. The molecule has 0 radical (unpaired) electrons. The number of hydrogen-bond donors (Lipinski definition) is 1. The van der Waals surface area contributed by atoms with Gasteiger partial charge in [-0.15, -0.1) is 0 Å². The summed E-state index contributed by atoms with van der Waals surface area (Å²) >= 11 is 5.93. The molecule has 1 N–H and O–H groups in total. The van der Waals surface area contributed by atoms with Gasteiger partial charge in [-0.05, 0) is 55.5 Å². The molecule has 7 heteroatoms. The lowest BCUT2D eigenvalue weighted by molar-refractivity contribution is 0.0937. The third-order valence-electron chi connectivity index (χ3n) is 4.74. The first-order valence-corrected chi connectivity index (χ1v) is 10.0. The van der Waals surface area contributed by atoms with Crippen LogP contribution in [0, 0.1) is 0 Å². The van der Waals surface area contributed by atoms with E-state index in [0.717, 1.165) is 22.6 Å². The fourth-order valence-electron chi connectivity index (χ4n) is 3.29. The van der Waals surface area contributed by atoms with Gasteiger partial charge in [-0.25, -0.2) is 4.98 Å². The first-order valence-electron chi connectivity index (χ1n) is 9.66. The molecule has 4 rings (SSSR count). The highest BCUT2D eigenvalue weighted by molar-refractivity contribution is 6.30. The van der Waals surface area contributed by atoms with Gasteiger partial charge in [0, 0.05) is 17.4 Å². The topological polar surface area (TPSA) is 69.0 Å². The lowest BCUT2D eigenvalue weighted by atomic mass is 10.2.